The first kappa shape index (κ1) is 20.7. The largest absolute Gasteiger partial charge is 0.478 e. The van der Waals surface area contributed by atoms with Crippen LogP contribution < -0.4 is 4.74 Å². The number of carboxylic acid groups (broad SMARTS) is 1. The zero-order valence-corrected chi connectivity index (χ0v) is 17.4. The molecule has 4 rings (SSSR count). The minimum Gasteiger partial charge on any atom is -0.478 e. The molecule has 0 radical (unpaired) electrons. The van der Waals surface area contributed by atoms with Crippen molar-refractivity contribution in [1.29, 1.82) is 0 Å². The number of hydrogen-bond donors (Lipinski definition) is 2. The molecule has 0 bridgehead atoms. The second-order valence-corrected chi connectivity index (χ2v) is 7.52. The van der Waals surface area contributed by atoms with Crippen LogP contribution in [0, 0.1) is 18.8 Å². The fourth-order valence-corrected chi connectivity index (χ4v) is 3.45. The van der Waals surface area contributed by atoms with E-state index in [1.807, 2.05) is 12.2 Å². The van der Waals surface area contributed by atoms with Crippen molar-refractivity contribution in [2.24, 2.45) is 0 Å². The Morgan fingerprint density at radius 1 is 1.35 bits per heavy atom. The van der Waals surface area contributed by atoms with Crippen LogP contribution in [0.1, 0.15) is 40.2 Å². The molecule has 1 heterocycles. The number of imidazole rings is 1. The number of aryl methyl sites for hydroxylation is 1. The zero-order chi connectivity index (χ0) is 22.0. The van der Waals surface area contributed by atoms with Gasteiger partial charge < -0.3 is 14.8 Å². The molecule has 5 nitrogen and oxygen atoms in total. The molecular formula is C24H18ClFN2O3. The number of carbonyl (C=O) groups is 1. The summed E-state index contributed by atoms with van der Waals surface area (Å²) in [4.78, 5) is 18.8. The van der Waals surface area contributed by atoms with Crippen molar-refractivity contribution >= 4 is 23.6 Å². The van der Waals surface area contributed by atoms with Gasteiger partial charge in [0.05, 0.1) is 21.9 Å². The van der Waals surface area contributed by atoms with Gasteiger partial charge in [0.25, 0.3) is 6.01 Å². The summed E-state index contributed by atoms with van der Waals surface area (Å²) in [5, 5.41) is 9.67. The maximum absolute atomic E-state index is 13.9. The number of carboxylic acids is 1. The number of fused-ring (bicyclic) bond motifs is 1. The number of aromatic amines is 1. The van der Waals surface area contributed by atoms with Crippen LogP contribution in [-0.4, -0.2) is 21.0 Å². The van der Waals surface area contributed by atoms with E-state index in [9.17, 15) is 14.3 Å². The molecule has 2 aromatic rings. The van der Waals surface area contributed by atoms with Crippen LogP contribution in [0.15, 0.2) is 58.4 Å². The lowest BCUT2D eigenvalue weighted by Crippen LogP contribution is -2.00. The molecule has 31 heavy (non-hydrogen) atoms. The molecule has 2 aliphatic carbocycles. The van der Waals surface area contributed by atoms with Gasteiger partial charge >= 0.3 is 5.97 Å². The minimum atomic E-state index is -1.02. The molecular weight excluding hydrogens is 419 g/mol. The van der Waals surface area contributed by atoms with E-state index in [2.05, 4.69) is 21.8 Å². The van der Waals surface area contributed by atoms with E-state index < -0.39 is 5.97 Å². The SMILES string of the molecule is Cc1ccc(Oc2nc3c([nH]2)CC=C(C#CC2=C(F)CCC=C2)C(Cl)=C3)cc1C(=O)O. The predicted molar refractivity (Wildman–Crippen MR) is 117 cm³/mol. The van der Waals surface area contributed by atoms with Crippen molar-refractivity contribution in [3.8, 4) is 23.6 Å². The van der Waals surface area contributed by atoms with Gasteiger partial charge in [0.1, 0.15) is 11.6 Å². The number of rotatable bonds is 3. The lowest BCUT2D eigenvalue weighted by atomic mass is 10.1. The Labute approximate surface area is 183 Å². The van der Waals surface area contributed by atoms with Crippen molar-refractivity contribution in [2.75, 3.05) is 0 Å². The second kappa shape index (κ2) is 8.66. The highest BCUT2D eigenvalue weighted by Gasteiger charge is 2.16. The standard InChI is InChI=1S/C24H18ClFN2O3/c1-14-6-10-17(12-18(14)23(29)30)31-24-27-21-11-9-15(19(25)13-22(21)28-24)7-8-16-4-2-3-5-20(16)26/h2,4,6,9-10,12-13H,3,5,11H2,1H3,(H,27,28)(H,29,30). The van der Waals surface area contributed by atoms with Gasteiger partial charge in [-0.05, 0) is 43.2 Å². The van der Waals surface area contributed by atoms with Gasteiger partial charge in [-0.2, -0.15) is 4.98 Å². The molecule has 2 aliphatic rings. The van der Waals surface area contributed by atoms with E-state index >= 15 is 0 Å². The van der Waals surface area contributed by atoms with Gasteiger partial charge in [-0.3, -0.25) is 0 Å². The first-order valence-electron chi connectivity index (χ1n) is 9.66. The third-order valence-corrected chi connectivity index (χ3v) is 5.23. The molecule has 7 heteroatoms. The van der Waals surface area contributed by atoms with Gasteiger partial charge in [-0.25, -0.2) is 9.18 Å². The van der Waals surface area contributed by atoms with Gasteiger partial charge in [0.15, 0.2) is 0 Å². The Kier molecular flexibility index (Phi) is 5.79. The number of aromatic carboxylic acids is 1. The molecule has 0 saturated carbocycles. The molecule has 1 aromatic heterocycles. The maximum Gasteiger partial charge on any atom is 0.336 e. The minimum absolute atomic E-state index is 0.166. The van der Waals surface area contributed by atoms with Gasteiger partial charge in [-0.15, -0.1) is 0 Å². The molecule has 0 spiro atoms. The van der Waals surface area contributed by atoms with Gasteiger partial charge in [0.2, 0.25) is 0 Å². The number of H-pyrrole nitrogens is 1. The van der Waals surface area contributed by atoms with Gasteiger partial charge in [0, 0.05) is 24.1 Å². The Balaban J connectivity index is 1.55. The summed E-state index contributed by atoms with van der Waals surface area (Å²) >= 11 is 6.41. The molecule has 0 fully saturated rings. The van der Waals surface area contributed by atoms with Crippen molar-refractivity contribution in [1.82, 2.24) is 9.97 Å². The van der Waals surface area contributed by atoms with Gasteiger partial charge in [-0.1, -0.05) is 41.7 Å². The fourth-order valence-electron chi connectivity index (χ4n) is 3.22. The average Bonchev–Trinajstić information content (AvgIpc) is 3.04. The van der Waals surface area contributed by atoms with E-state index in [1.165, 1.54) is 6.07 Å². The first-order valence-corrected chi connectivity index (χ1v) is 10.0. The van der Waals surface area contributed by atoms with Crippen molar-refractivity contribution < 1.29 is 19.0 Å². The molecule has 0 saturated heterocycles. The smallest absolute Gasteiger partial charge is 0.336 e. The van der Waals surface area contributed by atoms with E-state index in [0.29, 0.717) is 52.4 Å². The average molecular weight is 437 g/mol. The zero-order valence-electron chi connectivity index (χ0n) is 16.6. The molecule has 2 N–H and O–H groups in total. The highest BCUT2D eigenvalue weighted by atomic mass is 35.5. The maximum atomic E-state index is 13.9. The lowest BCUT2D eigenvalue weighted by Gasteiger charge is -2.05. The number of nitrogens with one attached hydrogen (secondary N) is 1. The van der Waals surface area contributed by atoms with Crippen molar-refractivity contribution in [3.63, 3.8) is 0 Å². The Morgan fingerprint density at radius 3 is 2.97 bits per heavy atom. The molecule has 0 atom stereocenters. The van der Waals surface area contributed by atoms with Crippen LogP contribution in [0.25, 0.3) is 6.08 Å². The van der Waals surface area contributed by atoms with E-state index in [0.717, 1.165) is 5.69 Å². The summed E-state index contributed by atoms with van der Waals surface area (Å²) in [6.07, 6.45) is 8.64. The highest BCUT2D eigenvalue weighted by molar-refractivity contribution is 6.34. The number of halogens is 2. The molecule has 1 aromatic carbocycles. The molecule has 0 aliphatic heterocycles. The quantitative estimate of drug-likeness (QED) is 0.592. The lowest BCUT2D eigenvalue weighted by molar-refractivity contribution is 0.0695. The normalized spacial score (nSPS) is 15.3. The topological polar surface area (TPSA) is 75.2 Å². The molecule has 156 valence electrons. The monoisotopic (exact) mass is 436 g/mol. The van der Waals surface area contributed by atoms with Crippen LogP contribution in [0.5, 0.6) is 11.8 Å². The van der Waals surface area contributed by atoms with E-state index in [4.69, 9.17) is 16.3 Å². The third kappa shape index (κ3) is 4.62. The summed E-state index contributed by atoms with van der Waals surface area (Å²) in [7, 11) is 0. The fraction of sp³-hybridized carbons (Fsp3) is 0.167. The Hall–Kier alpha value is -3.56. The summed E-state index contributed by atoms with van der Waals surface area (Å²) in [6, 6.07) is 5.04. The summed E-state index contributed by atoms with van der Waals surface area (Å²) in [5.41, 5.74) is 3.16. The number of nitrogens with zero attached hydrogens (tertiary/aromatic N) is 1. The number of benzene rings is 1. The van der Waals surface area contributed by atoms with Crippen LogP contribution in [0.4, 0.5) is 4.39 Å². The Bertz CT molecular complexity index is 1260. The second-order valence-electron chi connectivity index (χ2n) is 7.11. The summed E-state index contributed by atoms with van der Waals surface area (Å²) in [5.74, 6) is 4.93. The third-order valence-electron chi connectivity index (χ3n) is 4.91. The van der Waals surface area contributed by atoms with E-state index in [-0.39, 0.29) is 17.4 Å². The van der Waals surface area contributed by atoms with Crippen LogP contribution in [0.3, 0.4) is 0 Å². The number of aromatic nitrogens is 2. The predicted octanol–water partition coefficient (Wildman–Crippen LogP) is 5.85. The van der Waals surface area contributed by atoms with Crippen LogP contribution >= 0.6 is 11.6 Å². The summed E-state index contributed by atoms with van der Waals surface area (Å²) < 4.78 is 19.6. The van der Waals surface area contributed by atoms with Crippen LogP contribution in [-0.2, 0) is 6.42 Å². The number of ether oxygens (including phenoxy) is 1. The summed E-state index contributed by atoms with van der Waals surface area (Å²) in [6.45, 7) is 1.72. The molecule has 0 unspecified atom stereocenters. The molecule has 0 amide bonds. The van der Waals surface area contributed by atoms with Crippen LogP contribution in [0.2, 0.25) is 0 Å². The first-order chi connectivity index (χ1) is 14.9. The highest BCUT2D eigenvalue weighted by Crippen LogP contribution is 2.29. The number of hydrogen-bond acceptors (Lipinski definition) is 3. The van der Waals surface area contributed by atoms with E-state index in [1.54, 1.807) is 31.2 Å². The van der Waals surface area contributed by atoms with Crippen molar-refractivity contribution in [3.05, 3.63) is 80.9 Å². The number of allylic oxidation sites excluding steroid dienone is 7. The Morgan fingerprint density at radius 2 is 2.19 bits per heavy atom. The van der Waals surface area contributed by atoms with Crippen molar-refractivity contribution in [2.45, 2.75) is 26.2 Å².